The number of anilines is 1. The van der Waals surface area contributed by atoms with Gasteiger partial charge >= 0.3 is 0 Å². The first-order chi connectivity index (χ1) is 14.9. The Morgan fingerprint density at radius 1 is 0.968 bits per heavy atom. The highest BCUT2D eigenvalue weighted by Crippen LogP contribution is 2.29. The van der Waals surface area contributed by atoms with Crippen LogP contribution >= 0.6 is 0 Å². The lowest BCUT2D eigenvalue weighted by molar-refractivity contribution is -0.116. The van der Waals surface area contributed by atoms with E-state index >= 15 is 0 Å². The van der Waals surface area contributed by atoms with Crippen molar-refractivity contribution >= 4 is 21.6 Å². The molecule has 0 radical (unpaired) electrons. The molecule has 0 fully saturated rings. The van der Waals surface area contributed by atoms with Crippen molar-refractivity contribution in [1.82, 2.24) is 4.31 Å². The summed E-state index contributed by atoms with van der Waals surface area (Å²) in [6.07, 6.45) is 0.452. The first kappa shape index (κ1) is 22.5. The largest absolute Gasteiger partial charge is 0.455 e. The van der Waals surface area contributed by atoms with Crippen molar-refractivity contribution in [2.24, 2.45) is 0 Å². The number of ether oxygens (including phenoxy) is 1. The molecule has 0 heterocycles. The number of halogens is 1. The van der Waals surface area contributed by atoms with E-state index in [1.165, 1.54) is 19.2 Å². The minimum Gasteiger partial charge on any atom is -0.455 e. The monoisotopic (exact) mass is 442 g/mol. The Hall–Kier alpha value is -3.23. The average molecular weight is 443 g/mol. The fourth-order valence-electron chi connectivity index (χ4n) is 2.86. The van der Waals surface area contributed by atoms with Crippen LogP contribution in [0, 0.1) is 5.82 Å². The second-order valence-corrected chi connectivity index (χ2v) is 8.89. The molecule has 31 heavy (non-hydrogen) atoms. The van der Waals surface area contributed by atoms with E-state index in [1.807, 2.05) is 36.4 Å². The minimum atomic E-state index is -3.74. The maximum Gasteiger partial charge on any atom is 0.242 e. The molecule has 0 saturated heterocycles. The predicted octanol–water partition coefficient (Wildman–Crippen LogP) is 4.66. The highest BCUT2D eigenvalue weighted by Gasteiger charge is 2.20. The molecule has 3 rings (SSSR count). The molecule has 8 heteroatoms. The van der Waals surface area contributed by atoms with Gasteiger partial charge in [-0.05, 0) is 55.0 Å². The summed E-state index contributed by atoms with van der Waals surface area (Å²) in [4.78, 5) is 12.4. The van der Waals surface area contributed by atoms with E-state index < -0.39 is 15.8 Å². The van der Waals surface area contributed by atoms with Crippen molar-refractivity contribution in [3.63, 3.8) is 0 Å². The first-order valence-electron chi connectivity index (χ1n) is 9.70. The zero-order valence-electron chi connectivity index (χ0n) is 17.0. The van der Waals surface area contributed by atoms with E-state index in [9.17, 15) is 17.6 Å². The molecule has 0 aliphatic carbocycles. The molecule has 1 N–H and O–H groups in total. The number of amides is 1. The van der Waals surface area contributed by atoms with Gasteiger partial charge in [0.2, 0.25) is 15.9 Å². The van der Waals surface area contributed by atoms with Crippen LogP contribution in [0.15, 0.2) is 83.8 Å². The number of para-hydroxylation sites is 3. The normalized spacial score (nSPS) is 11.3. The van der Waals surface area contributed by atoms with Crippen molar-refractivity contribution < 1.29 is 22.3 Å². The Morgan fingerprint density at radius 2 is 1.61 bits per heavy atom. The van der Waals surface area contributed by atoms with Gasteiger partial charge in [-0.25, -0.2) is 17.1 Å². The summed E-state index contributed by atoms with van der Waals surface area (Å²) in [5.74, 6) is 0.404. The summed E-state index contributed by atoms with van der Waals surface area (Å²) < 4.78 is 45.0. The molecule has 3 aromatic carbocycles. The van der Waals surface area contributed by atoms with Gasteiger partial charge in [0.1, 0.15) is 11.6 Å². The van der Waals surface area contributed by atoms with E-state index in [1.54, 1.807) is 18.2 Å². The lowest BCUT2D eigenvalue weighted by Gasteiger charge is -2.17. The summed E-state index contributed by atoms with van der Waals surface area (Å²) in [5.41, 5.74) is 0.531. The van der Waals surface area contributed by atoms with Gasteiger partial charge in [0.25, 0.3) is 0 Å². The van der Waals surface area contributed by atoms with Crippen LogP contribution in [-0.4, -0.2) is 32.2 Å². The predicted molar refractivity (Wildman–Crippen MR) is 117 cm³/mol. The smallest absolute Gasteiger partial charge is 0.242 e. The summed E-state index contributed by atoms with van der Waals surface area (Å²) in [6.45, 7) is 0.148. The van der Waals surface area contributed by atoms with Crippen LogP contribution in [-0.2, 0) is 14.8 Å². The summed E-state index contributed by atoms with van der Waals surface area (Å²) in [5, 5.41) is 2.81. The van der Waals surface area contributed by atoms with Gasteiger partial charge in [0.15, 0.2) is 5.75 Å². The molecule has 0 aliphatic heterocycles. The highest BCUT2D eigenvalue weighted by molar-refractivity contribution is 7.89. The van der Waals surface area contributed by atoms with E-state index in [2.05, 4.69) is 5.32 Å². The van der Waals surface area contributed by atoms with Crippen molar-refractivity contribution in [1.29, 1.82) is 0 Å². The maximum absolute atomic E-state index is 13.0. The van der Waals surface area contributed by atoms with Crippen LogP contribution in [0.5, 0.6) is 11.5 Å². The van der Waals surface area contributed by atoms with Crippen molar-refractivity contribution in [3.05, 3.63) is 84.7 Å². The van der Waals surface area contributed by atoms with Crippen molar-refractivity contribution in [3.8, 4) is 11.5 Å². The van der Waals surface area contributed by atoms with Gasteiger partial charge in [0, 0.05) is 20.0 Å². The zero-order chi connectivity index (χ0) is 22.3. The number of sulfonamides is 1. The van der Waals surface area contributed by atoms with Crippen LogP contribution < -0.4 is 10.1 Å². The third-order valence-electron chi connectivity index (χ3n) is 4.53. The molecule has 0 saturated carbocycles. The van der Waals surface area contributed by atoms with Crippen LogP contribution in [0.1, 0.15) is 12.8 Å². The van der Waals surface area contributed by atoms with E-state index in [0.717, 1.165) is 16.4 Å². The molecule has 162 valence electrons. The topological polar surface area (TPSA) is 75.7 Å². The molecule has 1 amide bonds. The Morgan fingerprint density at radius 3 is 2.32 bits per heavy atom. The number of nitrogens with one attached hydrogen (secondary N) is 1. The molecule has 0 aliphatic rings. The van der Waals surface area contributed by atoms with Gasteiger partial charge in [-0.2, -0.15) is 0 Å². The fraction of sp³-hybridized carbons (Fsp3) is 0.174. The van der Waals surface area contributed by atoms with E-state index in [0.29, 0.717) is 23.6 Å². The molecule has 3 aromatic rings. The average Bonchev–Trinajstić information content (AvgIpc) is 2.76. The second-order valence-electron chi connectivity index (χ2n) is 6.84. The van der Waals surface area contributed by atoms with E-state index in [4.69, 9.17) is 4.74 Å². The molecule has 0 atom stereocenters. The summed E-state index contributed by atoms with van der Waals surface area (Å²) in [6, 6.07) is 21.0. The molecular weight excluding hydrogens is 419 g/mol. The lowest BCUT2D eigenvalue weighted by atomic mass is 10.2. The number of rotatable bonds is 9. The number of benzene rings is 3. The van der Waals surface area contributed by atoms with E-state index in [-0.39, 0.29) is 23.8 Å². The zero-order valence-corrected chi connectivity index (χ0v) is 17.8. The molecule has 0 aromatic heterocycles. The van der Waals surface area contributed by atoms with Gasteiger partial charge in [-0.3, -0.25) is 4.79 Å². The lowest BCUT2D eigenvalue weighted by Crippen LogP contribution is -2.28. The van der Waals surface area contributed by atoms with Gasteiger partial charge in [0.05, 0.1) is 10.6 Å². The van der Waals surface area contributed by atoms with Gasteiger partial charge in [-0.1, -0.05) is 30.3 Å². The molecular formula is C23H23FN2O4S. The molecule has 0 unspecified atom stereocenters. The van der Waals surface area contributed by atoms with Crippen LogP contribution in [0.3, 0.4) is 0 Å². The number of carbonyl (C=O) groups excluding carboxylic acids is 1. The quantitative estimate of drug-likeness (QED) is 0.523. The highest BCUT2D eigenvalue weighted by atomic mass is 32.2. The summed E-state index contributed by atoms with van der Waals surface area (Å²) in [7, 11) is -2.31. The third kappa shape index (κ3) is 6.13. The molecule has 6 nitrogen and oxygen atoms in total. The Balaban J connectivity index is 1.54. The maximum atomic E-state index is 13.0. The minimum absolute atomic E-state index is 0.00726. The Bertz CT molecular complexity index is 1120. The van der Waals surface area contributed by atoms with Crippen LogP contribution in [0.2, 0.25) is 0 Å². The van der Waals surface area contributed by atoms with Gasteiger partial charge < -0.3 is 10.1 Å². The Kier molecular flexibility index (Phi) is 7.38. The third-order valence-corrected chi connectivity index (χ3v) is 6.40. The second kappa shape index (κ2) is 10.2. The van der Waals surface area contributed by atoms with Crippen LogP contribution in [0.25, 0.3) is 0 Å². The summed E-state index contributed by atoms with van der Waals surface area (Å²) >= 11 is 0. The Labute approximate surface area is 181 Å². The van der Waals surface area contributed by atoms with Crippen molar-refractivity contribution in [2.75, 3.05) is 18.9 Å². The van der Waals surface area contributed by atoms with Gasteiger partial charge in [-0.15, -0.1) is 0 Å². The first-order valence-corrected chi connectivity index (χ1v) is 11.1. The van der Waals surface area contributed by atoms with Crippen molar-refractivity contribution in [2.45, 2.75) is 17.7 Å². The standard InChI is InChI=1S/C23H23FN2O4S/c1-26(31(28,29)20-15-13-18(24)14-16-20)17-7-12-23(27)25-21-10-5-6-11-22(21)30-19-8-3-2-4-9-19/h2-6,8-11,13-16H,7,12,17H2,1H3,(H,25,27). The molecule has 0 spiro atoms. The number of hydrogen-bond acceptors (Lipinski definition) is 4. The van der Waals surface area contributed by atoms with Crippen LogP contribution in [0.4, 0.5) is 10.1 Å². The molecule has 0 bridgehead atoms. The number of carbonyl (C=O) groups is 1. The fourth-order valence-corrected chi connectivity index (χ4v) is 4.07. The number of hydrogen-bond donors (Lipinski definition) is 1. The number of nitrogens with zero attached hydrogens (tertiary/aromatic N) is 1. The SMILES string of the molecule is CN(CCCC(=O)Nc1ccccc1Oc1ccccc1)S(=O)(=O)c1ccc(F)cc1.